The van der Waals surface area contributed by atoms with Gasteiger partial charge in [-0.25, -0.2) is 17.5 Å². The Labute approximate surface area is 278 Å². The van der Waals surface area contributed by atoms with Gasteiger partial charge in [0, 0.05) is 36.8 Å². The Morgan fingerprint density at radius 2 is 1.82 bits per heavy atom. The van der Waals surface area contributed by atoms with Gasteiger partial charge in [0.25, 0.3) is 17.7 Å². The number of carbonyl (C=O) groups excluding carboxylic acids is 3. The molecule has 1 N–H and O–H groups in total. The third-order valence-corrected chi connectivity index (χ3v) is 10.4. The third-order valence-electron chi connectivity index (χ3n) is 8.91. The Bertz CT molecular complexity index is 1950. The number of anilines is 1. The molecule has 1 unspecified atom stereocenters. The van der Waals surface area contributed by atoms with Crippen molar-refractivity contribution in [2.24, 2.45) is 0 Å². The van der Waals surface area contributed by atoms with E-state index in [1.54, 1.807) is 6.92 Å². The second-order valence-electron chi connectivity index (χ2n) is 12.0. The number of benzene rings is 2. The number of aromatic nitrogens is 2. The van der Waals surface area contributed by atoms with E-state index in [-0.39, 0.29) is 40.8 Å². The first-order valence-corrected chi connectivity index (χ1v) is 17.2. The summed E-state index contributed by atoms with van der Waals surface area (Å²) in [7, 11) is -3.82. The van der Waals surface area contributed by atoms with Crippen LogP contribution in [0, 0.1) is 17.1 Å². The number of alkyl halides is 3. The summed E-state index contributed by atoms with van der Waals surface area (Å²) in [4.78, 5) is 44.5. The molecule has 1 aromatic heterocycles. The van der Waals surface area contributed by atoms with E-state index in [2.05, 4.69) is 10.4 Å². The highest BCUT2D eigenvalue weighted by Gasteiger charge is 2.50. The first-order chi connectivity index (χ1) is 23.2. The normalized spacial score (nSPS) is 22.4. The fourth-order valence-electron chi connectivity index (χ4n) is 6.59. The molecule has 0 radical (unpaired) electrons. The van der Waals surface area contributed by atoms with Crippen LogP contribution in [0.25, 0.3) is 0 Å². The largest absolute Gasteiger partial charge is 0.416 e. The number of amides is 3. The van der Waals surface area contributed by atoms with Crippen LogP contribution in [-0.4, -0.2) is 84.3 Å². The molecule has 0 spiro atoms. The minimum atomic E-state index is -4.75. The van der Waals surface area contributed by atoms with Gasteiger partial charge in [-0.1, -0.05) is 18.2 Å². The second-order valence-corrected chi connectivity index (χ2v) is 14.1. The summed E-state index contributed by atoms with van der Waals surface area (Å²) in [5.74, 6) is -5.61. The quantitative estimate of drug-likeness (QED) is 0.384. The number of nitriles is 1. The summed E-state index contributed by atoms with van der Waals surface area (Å²) in [6, 6.07) is 7.19. The van der Waals surface area contributed by atoms with Crippen LogP contribution in [0.4, 0.5) is 23.4 Å². The molecule has 3 amide bonds. The van der Waals surface area contributed by atoms with Crippen molar-refractivity contribution < 1.29 is 45.1 Å². The van der Waals surface area contributed by atoms with Gasteiger partial charge >= 0.3 is 6.18 Å². The molecule has 49 heavy (non-hydrogen) atoms. The number of halogens is 4. The zero-order chi connectivity index (χ0) is 35.2. The van der Waals surface area contributed by atoms with Gasteiger partial charge in [-0.3, -0.25) is 19.3 Å². The van der Waals surface area contributed by atoms with Crippen molar-refractivity contribution in [2.75, 3.05) is 36.3 Å². The summed E-state index contributed by atoms with van der Waals surface area (Å²) in [5, 5.41) is 17.0. The molecule has 4 heterocycles. The zero-order valence-electron chi connectivity index (χ0n) is 26.0. The predicted molar refractivity (Wildman–Crippen MR) is 165 cm³/mol. The fourth-order valence-corrected chi connectivity index (χ4v) is 8.15. The van der Waals surface area contributed by atoms with Crippen molar-refractivity contribution in [1.29, 1.82) is 5.26 Å². The lowest BCUT2D eigenvalue weighted by atomic mass is 9.80. The van der Waals surface area contributed by atoms with Crippen LogP contribution in [0.15, 0.2) is 48.5 Å². The molecule has 12 nitrogen and oxygen atoms in total. The second kappa shape index (κ2) is 12.9. The van der Waals surface area contributed by atoms with Crippen molar-refractivity contribution in [3.05, 3.63) is 82.3 Å². The van der Waals surface area contributed by atoms with E-state index in [0.717, 1.165) is 35.2 Å². The van der Waals surface area contributed by atoms with Crippen molar-refractivity contribution in [3.63, 3.8) is 0 Å². The third kappa shape index (κ3) is 6.37. The summed E-state index contributed by atoms with van der Waals surface area (Å²) in [5.41, 5.74) is -1.38. The maximum atomic E-state index is 14.4. The van der Waals surface area contributed by atoms with Gasteiger partial charge in [-0.2, -0.15) is 23.5 Å². The lowest BCUT2D eigenvalue weighted by molar-refractivity contribution is -0.137. The van der Waals surface area contributed by atoms with E-state index in [4.69, 9.17) is 4.74 Å². The average Bonchev–Trinajstić information content (AvgIpc) is 3.62. The molecule has 2 fully saturated rings. The van der Waals surface area contributed by atoms with Crippen molar-refractivity contribution >= 4 is 33.4 Å². The maximum absolute atomic E-state index is 14.4. The highest BCUT2D eigenvalue weighted by molar-refractivity contribution is 7.91. The van der Waals surface area contributed by atoms with Crippen LogP contribution in [0.2, 0.25) is 0 Å². The molecule has 3 aliphatic heterocycles. The minimum absolute atomic E-state index is 0.0133. The van der Waals surface area contributed by atoms with Gasteiger partial charge < -0.3 is 15.0 Å². The lowest BCUT2D eigenvalue weighted by Gasteiger charge is -2.39. The molecular weight excluding hydrogens is 672 g/mol. The van der Waals surface area contributed by atoms with Crippen molar-refractivity contribution in [2.45, 2.75) is 50.0 Å². The summed E-state index contributed by atoms with van der Waals surface area (Å²) < 4.78 is 86.8. The van der Waals surface area contributed by atoms with Crippen molar-refractivity contribution in [3.8, 4) is 6.07 Å². The standard InChI is InChI=1S/C32H30F4N6O6S/c1-2-40-29-25(27(39-42(29)22-10-12-48-13-11-22)31(45)41-17-49(46,47)16-23(41)15-37)24(18-6-8-21(33)9-7-18)26(30(40)44)38-28(43)19-4-3-5-20(14-19)32(34,35)36/h3-9,14,22-24,26H,2,10-13,16-17H2,1H3,(H,38,43)/t23?,24-,26-/m0/s1. The Hall–Kier alpha value is -4.82. The number of likely N-dealkylation sites (N-methyl/N-ethyl adjacent to an activating group) is 1. The Balaban J connectivity index is 1.55. The smallest absolute Gasteiger partial charge is 0.381 e. The van der Waals surface area contributed by atoms with Crippen LogP contribution < -0.4 is 10.2 Å². The van der Waals surface area contributed by atoms with Gasteiger partial charge in [-0.05, 0) is 55.7 Å². The number of fused-ring (bicyclic) bond motifs is 1. The Kier molecular flexibility index (Phi) is 8.96. The highest BCUT2D eigenvalue weighted by Crippen LogP contribution is 2.45. The van der Waals surface area contributed by atoms with Gasteiger partial charge in [0.1, 0.15) is 29.6 Å². The first-order valence-electron chi connectivity index (χ1n) is 15.4. The highest BCUT2D eigenvalue weighted by atomic mass is 32.2. The van der Waals surface area contributed by atoms with E-state index in [1.165, 1.54) is 21.7 Å². The zero-order valence-corrected chi connectivity index (χ0v) is 26.8. The lowest BCUT2D eigenvalue weighted by Crippen LogP contribution is -2.56. The van der Waals surface area contributed by atoms with Gasteiger partial charge in [0.2, 0.25) is 0 Å². The van der Waals surface area contributed by atoms with E-state index >= 15 is 0 Å². The molecule has 3 atom stereocenters. The number of hydrogen-bond acceptors (Lipinski definition) is 8. The predicted octanol–water partition coefficient (Wildman–Crippen LogP) is 3.41. The maximum Gasteiger partial charge on any atom is 0.416 e. The minimum Gasteiger partial charge on any atom is -0.381 e. The van der Waals surface area contributed by atoms with E-state index in [0.29, 0.717) is 32.1 Å². The van der Waals surface area contributed by atoms with Crippen molar-refractivity contribution in [1.82, 2.24) is 20.0 Å². The average molecular weight is 703 g/mol. The van der Waals surface area contributed by atoms with Gasteiger partial charge in [-0.15, -0.1) is 0 Å². The topological polar surface area (TPSA) is 155 Å². The number of carbonyl (C=O) groups is 3. The number of rotatable bonds is 6. The number of nitrogens with zero attached hydrogens (tertiary/aromatic N) is 5. The van der Waals surface area contributed by atoms with E-state index in [1.807, 2.05) is 6.07 Å². The summed E-state index contributed by atoms with van der Waals surface area (Å²) in [6.07, 6.45) is -3.85. The SMILES string of the molecule is CCN1C(=O)[C@@H](NC(=O)c2cccc(C(F)(F)F)c2)[C@@H](c2ccc(F)cc2)c2c(C(=O)N3CS(=O)(=O)CC3C#N)nn(C3CCOCC3)c21. The summed E-state index contributed by atoms with van der Waals surface area (Å²) >= 11 is 0. The number of hydrogen-bond donors (Lipinski definition) is 1. The molecular formula is C32H30F4N6O6S. The van der Waals surface area contributed by atoms with Gasteiger partial charge in [0.05, 0.1) is 23.4 Å². The van der Waals surface area contributed by atoms with E-state index in [9.17, 15) is 45.6 Å². The molecule has 0 bridgehead atoms. The number of nitrogens with one attached hydrogen (secondary N) is 1. The molecule has 3 aromatic rings. The monoisotopic (exact) mass is 702 g/mol. The molecule has 2 aromatic carbocycles. The molecule has 0 saturated carbocycles. The molecule has 3 aliphatic rings. The molecule has 258 valence electrons. The summed E-state index contributed by atoms with van der Waals surface area (Å²) in [6.45, 7) is 2.35. The Morgan fingerprint density at radius 1 is 1.12 bits per heavy atom. The van der Waals surface area contributed by atoms with Crippen LogP contribution in [0.3, 0.4) is 0 Å². The fraction of sp³-hybridized carbons (Fsp3) is 0.406. The van der Waals surface area contributed by atoms with Crippen LogP contribution in [-0.2, 0) is 25.5 Å². The van der Waals surface area contributed by atoms with Gasteiger partial charge in [0.15, 0.2) is 15.5 Å². The first kappa shape index (κ1) is 34.1. The number of sulfone groups is 1. The number of ether oxygens (including phenoxy) is 1. The van der Waals surface area contributed by atoms with E-state index < -0.39 is 74.7 Å². The van der Waals surface area contributed by atoms with Crippen LogP contribution in [0.5, 0.6) is 0 Å². The Morgan fingerprint density at radius 3 is 2.45 bits per heavy atom. The molecule has 17 heteroatoms. The molecule has 2 saturated heterocycles. The van der Waals surface area contributed by atoms with Crippen LogP contribution >= 0.6 is 0 Å². The molecule has 0 aliphatic carbocycles. The van der Waals surface area contributed by atoms with Crippen LogP contribution in [0.1, 0.15) is 69.3 Å². The molecule has 6 rings (SSSR count).